The molecule has 0 saturated heterocycles. The second-order valence-corrected chi connectivity index (χ2v) is 8.75. The molecule has 1 amide bonds. The van der Waals surface area contributed by atoms with Crippen LogP contribution in [0.15, 0.2) is 21.7 Å². The minimum Gasteiger partial charge on any atom is -0.464 e. The van der Waals surface area contributed by atoms with Gasteiger partial charge in [0.15, 0.2) is 0 Å². The summed E-state index contributed by atoms with van der Waals surface area (Å²) >= 11 is 1.42. The van der Waals surface area contributed by atoms with Crippen LogP contribution in [-0.4, -0.2) is 37.8 Å². The maximum Gasteiger partial charge on any atom is 0.233 e. The molecule has 2 fully saturated rings. The fraction of sp³-hybridized carbons (Fsp3) is 0.650. The van der Waals surface area contributed by atoms with Gasteiger partial charge in [-0.05, 0) is 44.2 Å². The minimum absolute atomic E-state index is 0.133. The first-order chi connectivity index (χ1) is 13.2. The van der Waals surface area contributed by atoms with Gasteiger partial charge in [0.2, 0.25) is 11.1 Å². The molecule has 2 aromatic heterocycles. The Morgan fingerprint density at radius 3 is 2.81 bits per heavy atom. The number of aromatic nitrogens is 3. The first-order valence-electron chi connectivity index (χ1n) is 10.1. The number of rotatable bonds is 9. The molecule has 4 rings (SSSR count). The molecule has 7 heteroatoms. The van der Waals surface area contributed by atoms with E-state index in [1.807, 2.05) is 24.0 Å². The van der Waals surface area contributed by atoms with Gasteiger partial charge in [-0.25, -0.2) is 4.98 Å². The van der Waals surface area contributed by atoms with Crippen LogP contribution < -0.4 is 0 Å². The SMILES string of the molecule is Cc1ccc(CN(C(=O)CSc2n[nH]c(CCC3CCCC3)n2)C2CC2)o1. The summed E-state index contributed by atoms with van der Waals surface area (Å²) in [5.74, 6) is 4.04. The average Bonchev–Trinajstić information content (AvgIpc) is 3.04. The molecular formula is C20H28N4O2S. The van der Waals surface area contributed by atoms with Crippen LogP contribution in [-0.2, 0) is 17.8 Å². The number of nitrogens with one attached hydrogen (secondary N) is 1. The highest BCUT2D eigenvalue weighted by Gasteiger charge is 2.33. The second kappa shape index (κ2) is 8.50. The van der Waals surface area contributed by atoms with Crippen molar-refractivity contribution in [2.75, 3.05) is 5.75 Å². The zero-order valence-corrected chi connectivity index (χ0v) is 16.8. The van der Waals surface area contributed by atoms with E-state index in [1.54, 1.807) is 0 Å². The van der Waals surface area contributed by atoms with Crippen molar-refractivity contribution < 1.29 is 9.21 Å². The summed E-state index contributed by atoms with van der Waals surface area (Å²) in [6.07, 6.45) is 9.78. The summed E-state index contributed by atoms with van der Waals surface area (Å²) in [6.45, 7) is 2.48. The van der Waals surface area contributed by atoms with Gasteiger partial charge >= 0.3 is 0 Å². The number of hydrogen-bond acceptors (Lipinski definition) is 5. The van der Waals surface area contributed by atoms with E-state index in [9.17, 15) is 4.79 Å². The topological polar surface area (TPSA) is 75.0 Å². The number of carbonyl (C=O) groups is 1. The lowest BCUT2D eigenvalue weighted by molar-refractivity contribution is -0.129. The molecule has 0 unspecified atom stereocenters. The van der Waals surface area contributed by atoms with E-state index < -0.39 is 0 Å². The first-order valence-corrected chi connectivity index (χ1v) is 11.0. The van der Waals surface area contributed by atoms with Crippen LogP contribution in [0.1, 0.15) is 62.3 Å². The maximum absolute atomic E-state index is 12.7. The lowest BCUT2D eigenvalue weighted by atomic mass is 10.0. The van der Waals surface area contributed by atoms with E-state index in [1.165, 1.54) is 43.9 Å². The van der Waals surface area contributed by atoms with Gasteiger partial charge in [-0.15, -0.1) is 5.10 Å². The quantitative estimate of drug-likeness (QED) is 0.654. The average molecular weight is 389 g/mol. The summed E-state index contributed by atoms with van der Waals surface area (Å²) in [5, 5.41) is 7.99. The van der Waals surface area contributed by atoms with Crippen molar-refractivity contribution in [2.24, 2.45) is 5.92 Å². The number of nitrogens with zero attached hydrogens (tertiary/aromatic N) is 3. The summed E-state index contributed by atoms with van der Waals surface area (Å²) in [7, 11) is 0. The molecule has 1 N–H and O–H groups in total. The Kier molecular flexibility index (Phi) is 5.86. The Balaban J connectivity index is 1.26. The van der Waals surface area contributed by atoms with Crippen molar-refractivity contribution in [2.45, 2.75) is 76.0 Å². The normalized spacial score (nSPS) is 17.5. The third-order valence-corrected chi connectivity index (χ3v) is 6.36. The summed E-state index contributed by atoms with van der Waals surface area (Å²) in [5.41, 5.74) is 0. The third kappa shape index (κ3) is 5.15. The van der Waals surface area contributed by atoms with Gasteiger partial charge in [0.25, 0.3) is 0 Å². The second-order valence-electron chi connectivity index (χ2n) is 7.81. The summed E-state index contributed by atoms with van der Waals surface area (Å²) < 4.78 is 5.65. The predicted molar refractivity (Wildman–Crippen MR) is 104 cm³/mol. The van der Waals surface area contributed by atoms with Gasteiger partial charge in [0.05, 0.1) is 12.3 Å². The van der Waals surface area contributed by atoms with Crippen LogP contribution in [0.4, 0.5) is 0 Å². The monoisotopic (exact) mass is 388 g/mol. The Labute approximate surface area is 164 Å². The molecule has 0 aliphatic heterocycles. The molecule has 0 radical (unpaired) electrons. The molecule has 0 atom stereocenters. The molecule has 0 spiro atoms. The Morgan fingerprint density at radius 1 is 1.30 bits per heavy atom. The number of H-pyrrole nitrogens is 1. The summed E-state index contributed by atoms with van der Waals surface area (Å²) in [6, 6.07) is 4.26. The van der Waals surface area contributed by atoms with Crippen molar-refractivity contribution >= 4 is 17.7 Å². The summed E-state index contributed by atoms with van der Waals surface area (Å²) in [4.78, 5) is 19.2. The Bertz CT molecular complexity index is 762. The van der Waals surface area contributed by atoms with Gasteiger partial charge < -0.3 is 9.32 Å². The lowest BCUT2D eigenvalue weighted by Crippen LogP contribution is -2.33. The maximum atomic E-state index is 12.7. The zero-order valence-electron chi connectivity index (χ0n) is 15.9. The first kappa shape index (κ1) is 18.6. The van der Waals surface area contributed by atoms with Crippen molar-refractivity contribution in [1.29, 1.82) is 0 Å². The molecular weight excluding hydrogens is 360 g/mol. The van der Waals surface area contributed by atoms with Crippen molar-refractivity contribution in [1.82, 2.24) is 20.1 Å². The molecule has 0 aromatic carbocycles. The standard InChI is InChI=1S/C20H28N4O2S/c1-14-6-10-17(26-14)12-24(16-8-9-16)19(25)13-27-20-21-18(22-23-20)11-7-15-4-2-3-5-15/h6,10,15-16H,2-5,7-9,11-13H2,1H3,(H,21,22,23). The number of thioether (sulfide) groups is 1. The number of carbonyl (C=O) groups excluding carboxylic acids is 1. The van der Waals surface area contributed by atoms with Crippen molar-refractivity contribution in [3.8, 4) is 0 Å². The molecule has 2 aliphatic carbocycles. The van der Waals surface area contributed by atoms with Crippen LogP contribution in [0.25, 0.3) is 0 Å². The smallest absolute Gasteiger partial charge is 0.233 e. The number of amides is 1. The number of aromatic amines is 1. The van der Waals surface area contributed by atoms with Crippen LogP contribution in [0.2, 0.25) is 0 Å². The van der Waals surface area contributed by atoms with Gasteiger partial charge in [-0.2, -0.15) is 0 Å². The highest BCUT2D eigenvalue weighted by molar-refractivity contribution is 7.99. The third-order valence-electron chi connectivity index (χ3n) is 5.53. The molecule has 2 saturated carbocycles. The molecule has 6 nitrogen and oxygen atoms in total. The van der Waals surface area contributed by atoms with Gasteiger partial charge in [0.1, 0.15) is 17.3 Å². The van der Waals surface area contributed by atoms with Crippen molar-refractivity contribution in [3.05, 3.63) is 29.5 Å². The highest BCUT2D eigenvalue weighted by atomic mass is 32.2. The van der Waals surface area contributed by atoms with Crippen LogP contribution in [0.3, 0.4) is 0 Å². The van der Waals surface area contributed by atoms with E-state index in [0.29, 0.717) is 23.5 Å². The van der Waals surface area contributed by atoms with E-state index in [-0.39, 0.29) is 5.91 Å². The molecule has 2 aromatic rings. The van der Waals surface area contributed by atoms with Crippen molar-refractivity contribution in [3.63, 3.8) is 0 Å². The molecule has 2 heterocycles. The molecule has 0 bridgehead atoms. The Morgan fingerprint density at radius 2 is 2.11 bits per heavy atom. The van der Waals surface area contributed by atoms with Gasteiger partial charge in [0, 0.05) is 12.5 Å². The van der Waals surface area contributed by atoms with Crippen LogP contribution in [0, 0.1) is 12.8 Å². The lowest BCUT2D eigenvalue weighted by Gasteiger charge is -2.20. The van der Waals surface area contributed by atoms with Gasteiger partial charge in [-0.3, -0.25) is 9.89 Å². The zero-order chi connectivity index (χ0) is 18.6. The highest BCUT2D eigenvalue weighted by Crippen LogP contribution is 2.30. The minimum atomic E-state index is 0.133. The van der Waals surface area contributed by atoms with Crippen LogP contribution in [0.5, 0.6) is 0 Å². The predicted octanol–water partition coefficient (Wildman–Crippen LogP) is 4.11. The number of aryl methyl sites for hydroxylation is 2. The number of hydrogen-bond donors (Lipinski definition) is 1. The fourth-order valence-electron chi connectivity index (χ4n) is 3.85. The molecule has 2 aliphatic rings. The van der Waals surface area contributed by atoms with E-state index in [2.05, 4.69) is 15.2 Å². The molecule has 146 valence electrons. The van der Waals surface area contributed by atoms with E-state index in [0.717, 1.165) is 42.5 Å². The van der Waals surface area contributed by atoms with Gasteiger partial charge in [-0.1, -0.05) is 37.4 Å². The largest absolute Gasteiger partial charge is 0.464 e. The van der Waals surface area contributed by atoms with Crippen LogP contribution >= 0.6 is 11.8 Å². The Hall–Kier alpha value is -1.76. The van der Waals surface area contributed by atoms with E-state index >= 15 is 0 Å². The fourth-order valence-corrected chi connectivity index (χ4v) is 4.55. The number of furan rings is 1. The molecule has 27 heavy (non-hydrogen) atoms. The van der Waals surface area contributed by atoms with E-state index in [4.69, 9.17) is 4.42 Å².